The van der Waals surface area contributed by atoms with Crippen molar-refractivity contribution >= 4 is 0 Å². The van der Waals surface area contributed by atoms with E-state index in [9.17, 15) is 0 Å². The Morgan fingerprint density at radius 3 is 1.14 bits per heavy atom. The Bertz CT molecular complexity index is 390. The molecule has 0 radical (unpaired) electrons. The van der Waals surface area contributed by atoms with Crippen molar-refractivity contribution in [2.75, 3.05) is 0 Å². The van der Waals surface area contributed by atoms with Gasteiger partial charge >= 0.3 is 0 Å². The third-order valence-electron chi connectivity index (χ3n) is 3.81. The number of hydrogen-bond acceptors (Lipinski definition) is 4. The fraction of sp³-hybridized carbons (Fsp3) is 0.600. The summed E-state index contributed by atoms with van der Waals surface area (Å²) in [5, 5.41) is 35.9. The third kappa shape index (κ3) is 0.433. The highest BCUT2D eigenvalue weighted by molar-refractivity contribution is 5.57. The Morgan fingerprint density at radius 2 is 1.07 bits per heavy atom. The van der Waals surface area contributed by atoms with Crippen molar-refractivity contribution in [3.63, 3.8) is 0 Å². The molecule has 66 valence electrons. The van der Waals surface area contributed by atoms with Gasteiger partial charge in [-0.3, -0.25) is 0 Å². The fourth-order valence-corrected chi connectivity index (χ4v) is 2.79. The highest BCUT2D eigenvalue weighted by Crippen LogP contribution is 2.84. The molecule has 0 aromatic rings. The maximum Gasteiger partial charge on any atom is 0.184 e. The van der Waals surface area contributed by atoms with Gasteiger partial charge in [-0.05, 0) is 12.8 Å². The molecule has 0 atom stereocenters. The summed E-state index contributed by atoms with van der Waals surface area (Å²) in [6.07, 6.45) is 2.20. The van der Waals surface area contributed by atoms with Gasteiger partial charge in [0.1, 0.15) is 0 Å². The molecule has 14 heavy (non-hydrogen) atoms. The molecule has 2 rings (SSSR count). The Kier molecular flexibility index (Phi) is 1.26. The average Bonchev–Trinajstić information content (AvgIpc) is 2.75. The second-order valence-corrected chi connectivity index (χ2v) is 3.88. The fourth-order valence-electron chi connectivity index (χ4n) is 2.79. The minimum Gasteiger partial charge on any atom is -0.196 e. The molecule has 0 bridgehead atoms. The molecule has 0 aromatic carbocycles. The van der Waals surface area contributed by atoms with Gasteiger partial charge in [-0.1, -0.05) is 6.42 Å². The quantitative estimate of drug-likeness (QED) is 0.563. The molecule has 0 saturated heterocycles. The molecule has 2 fully saturated rings. The van der Waals surface area contributed by atoms with Crippen LogP contribution in [0.5, 0.6) is 0 Å². The molecule has 1 spiro atoms. The second kappa shape index (κ2) is 2.06. The van der Waals surface area contributed by atoms with Gasteiger partial charge in [0.2, 0.25) is 0 Å². The van der Waals surface area contributed by atoms with Crippen LogP contribution in [-0.4, -0.2) is 0 Å². The summed E-state index contributed by atoms with van der Waals surface area (Å²) in [7, 11) is 0. The van der Waals surface area contributed by atoms with E-state index in [0.29, 0.717) is 12.8 Å². The van der Waals surface area contributed by atoms with Gasteiger partial charge in [-0.2, -0.15) is 21.0 Å². The third-order valence-corrected chi connectivity index (χ3v) is 3.81. The van der Waals surface area contributed by atoms with E-state index in [2.05, 4.69) is 0 Å². The van der Waals surface area contributed by atoms with Crippen LogP contribution in [-0.2, 0) is 0 Å². The topological polar surface area (TPSA) is 95.2 Å². The van der Waals surface area contributed by atoms with Gasteiger partial charge in [-0.25, -0.2) is 0 Å². The molecule has 0 aromatic heterocycles. The number of hydrogen-bond donors (Lipinski definition) is 0. The van der Waals surface area contributed by atoms with Crippen molar-refractivity contribution in [2.24, 2.45) is 16.2 Å². The zero-order valence-electron chi connectivity index (χ0n) is 7.41. The van der Waals surface area contributed by atoms with Crippen molar-refractivity contribution in [3.05, 3.63) is 0 Å². The van der Waals surface area contributed by atoms with Gasteiger partial charge in [-0.15, -0.1) is 0 Å². The number of nitriles is 4. The largest absolute Gasteiger partial charge is 0.196 e. The van der Waals surface area contributed by atoms with Crippen LogP contribution in [0.4, 0.5) is 0 Å². The summed E-state index contributed by atoms with van der Waals surface area (Å²) in [6, 6.07) is 7.53. The Hall–Kier alpha value is -2.04. The van der Waals surface area contributed by atoms with E-state index in [1.165, 1.54) is 0 Å². The first kappa shape index (κ1) is 8.55. The van der Waals surface area contributed by atoms with Crippen LogP contribution in [0.3, 0.4) is 0 Å². The molecule has 4 nitrogen and oxygen atoms in total. The first-order valence-electron chi connectivity index (χ1n) is 4.35. The lowest BCUT2D eigenvalue weighted by Crippen LogP contribution is -2.21. The summed E-state index contributed by atoms with van der Waals surface area (Å²) >= 11 is 0. The molecule has 0 heterocycles. The molecular formula is C10H6N4. The maximum atomic E-state index is 8.98. The van der Waals surface area contributed by atoms with Gasteiger partial charge < -0.3 is 0 Å². The van der Waals surface area contributed by atoms with E-state index in [1.807, 2.05) is 24.3 Å². The first-order valence-corrected chi connectivity index (χ1v) is 4.35. The van der Waals surface area contributed by atoms with E-state index in [-0.39, 0.29) is 0 Å². The van der Waals surface area contributed by atoms with Gasteiger partial charge in [0.15, 0.2) is 10.8 Å². The molecule has 0 amide bonds. The van der Waals surface area contributed by atoms with E-state index < -0.39 is 16.2 Å². The molecule has 0 unspecified atom stereocenters. The van der Waals surface area contributed by atoms with Crippen LogP contribution in [0.15, 0.2) is 0 Å². The first-order chi connectivity index (χ1) is 6.70. The highest BCUT2D eigenvalue weighted by Gasteiger charge is 2.92. The Balaban J connectivity index is 2.61. The normalized spacial score (nSPS) is 27.1. The molecule has 4 heteroatoms. The van der Waals surface area contributed by atoms with Crippen molar-refractivity contribution in [3.8, 4) is 24.3 Å². The van der Waals surface area contributed by atoms with Crippen LogP contribution >= 0.6 is 0 Å². The summed E-state index contributed by atoms with van der Waals surface area (Å²) in [5.41, 5.74) is -3.39. The van der Waals surface area contributed by atoms with Crippen molar-refractivity contribution in [1.29, 1.82) is 21.0 Å². The Morgan fingerprint density at radius 1 is 0.714 bits per heavy atom. The zero-order valence-corrected chi connectivity index (χ0v) is 7.41. The molecule has 2 aliphatic rings. The lowest BCUT2D eigenvalue weighted by molar-refractivity contribution is 0.233. The summed E-state index contributed by atoms with van der Waals surface area (Å²) < 4.78 is 0. The van der Waals surface area contributed by atoms with E-state index in [0.717, 1.165) is 6.42 Å². The maximum absolute atomic E-state index is 8.98. The van der Waals surface area contributed by atoms with Gasteiger partial charge in [0, 0.05) is 5.41 Å². The zero-order chi connectivity index (χ0) is 10.4. The number of nitrogens with zero attached hydrogens (tertiary/aromatic N) is 4. The lowest BCUT2D eigenvalue weighted by Gasteiger charge is -2.26. The number of rotatable bonds is 0. The van der Waals surface area contributed by atoms with E-state index in [4.69, 9.17) is 21.0 Å². The molecule has 0 aliphatic heterocycles. The smallest absolute Gasteiger partial charge is 0.184 e. The Labute approximate surface area is 81.6 Å². The van der Waals surface area contributed by atoms with Crippen molar-refractivity contribution in [1.82, 2.24) is 0 Å². The molecular weight excluding hydrogens is 176 g/mol. The SMILES string of the molecule is N#CC1(C#N)C(C#N)(C#N)C12CCC2. The average molecular weight is 182 g/mol. The van der Waals surface area contributed by atoms with Crippen molar-refractivity contribution in [2.45, 2.75) is 19.3 Å². The van der Waals surface area contributed by atoms with Gasteiger partial charge in [0.25, 0.3) is 0 Å². The summed E-state index contributed by atoms with van der Waals surface area (Å²) in [6.45, 7) is 0. The van der Waals surface area contributed by atoms with E-state index in [1.54, 1.807) is 0 Å². The van der Waals surface area contributed by atoms with Crippen molar-refractivity contribution < 1.29 is 0 Å². The molecule has 0 N–H and O–H groups in total. The molecule has 2 aliphatic carbocycles. The highest BCUT2D eigenvalue weighted by atomic mass is 14.9. The minimum absolute atomic E-state index is 0.646. The van der Waals surface area contributed by atoms with Crippen LogP contribution in [0, 0.1) is 61.6 Å². The second-order valence-electron chi connectivity index (χ2n) is 3.88. The monoisotopic (exact) mass is 182 g/mol. The van der Waals surface area contributed by atoms with Crippen LogP contribution in [0.25, 0.3) is 0 Å². The van der Waals surface area contributed by atoms with E-state index >= 15 is 0 Å². The minimum atomic E-state index is -1.37. The molecule has 2 saturated carbocycles. The predicted molar refractivity (Wildman–Crippen MR) is 43.6 cm³/mol. The standard InChI is InChI=1S/C10H6N4/c11-4-9(5-12)8(2-1-3-8)10(9,6-13)7-14/h1-3H2. The van der Waals surface area contributed by atoms with Crippen LogP contribution < -0.4 is 0 Å². The lowest BCUT2D eigenvalue weighted by atomic mass is 9.74. The van der Waals surface area contributed by atoms with Crippen LogP contribution in [0.2, 0.25) is 0 Å². The van der Waals surface area contributed by atoms with Gasteiger partial charge in [0.05, 0.1) is 24.3 Å². The summed E-state index contributed by atoms with van der Waals surface area (Å²) in [4.78, 5) is 0. The summed E-state index contributed by atoms with van der Waals surface area (Å²) in [5.74, 6) is 0. The van der Waals surface area contributed by atoms with Crippen LogP contribution in [0.1, 0.15) is 19.3 Å². The predicted octanol–water partition coefficient (Wildman–Crippen LogP) is 1.24.